The molecule has 15 heavy (non-hydrogen) atoms. The van der Waals surface area contributed by atoms with Crippen LogP contribution >= 0.6 is 0 Å². The maximum absolute atomic E-state index is 12.6. The van der Waals surface area contributed by atoms with E-state index in [1.165, 1.54) is 6.20 Å². The predicted molar refractivity (Wildman–Crippen MR) is 47.6 cm³/mol. The van der Waals surface area contributed by atoms with Crippen LogP contribution in [0.15, 0.2) is 12.4 Å². The van der Waals surface area contributed by atoms with Gasteiger partial charge in [-0.25, -0.2) is 0 Å². The second-order valence-corrected chi connectivity index (χ2v) is 3.65. The number of ether oxygens (including phenoxy) is 1. The smallest absolute Gasteiger partial charge is 0.421 e. The molecule has 1 aliphatic carbocycles. The normalized spacial score (nSPS) is 16.5. The molecular weight excluding hydrogens is 207 g/mol. The second-order valence-electron chi connectivity index (χ2n) is 3.65. The summed E-state index contributed by atoms with van der Waals surface area (Å²) in [6, 6.07) is 0. The summed E-state index contributed by atoms with van der Waals surface area (Å²) >= 11 is 0. The van der Waals surface area contributed by atoms with Gasteiger partial charge in [0, 0.05) is 18.0 Å². The quantitative estimate of drug-likeness (QED) is 0.759. The van der Waals surface area contributed by atoms with Crippen molar-refractivity contribution in [3.63, 3.8) is 0 Å². The van der Waals surface area contributed by atoms with Crippen molar-refractivity contribution in [1.29, 1.82) is 0 Å². The monoisotopic (exact) mass is 217 g/mol. The van der Waals surface area contributed by atoms with Crippen LogP contribution in [0, 0.1) is 6.92 Å². The molecule has 0 spiro atoms. The molecule has 1 aliphatic rings. The fourth-order valence-electron chi connectivity index (χ4n) is 1.26. The van der Waals surface area contributed by atoms with Gasteiger partial charge in [-0.3, -0.25) is 4.98 Å². The number of hydrogen-bond acceptors (Lipinski definition) is 2. The third-order valence-electron chi connectivity index (χ3n) is 2.19. The molecule has 1 saturated carbocycles. The van der Waals surface area contributed by atoms with Gasteiger partial charge < -0.3 is 4.74 Å². The number of nitrogens with zero attached hydrogens (tertiary/aromatic N) is 1. The van der Waals surface area contributed by atoms with Crippen LogP contribution in [0.3, 0.4) is 0 Å². The van der Waals surface area contributed by atoms with Gasteiger partial charge in [0.25, 0.3) is 0 Å². The molecule has 1 aromatic heterocycles. The Kier molecular flexibility index (Phi) is 2.32. The number of aromatic nitrogens is 1. The molecular formula is C10H10F3NO. The highest BCUT2D eigenvalue weighted by molar-refractivity contribution is 5.40. The van der Waals surface area contributed by atoms with E-state index in [4.69, 9.17) is 4.74 Å². The van der Waals surface area contributed by atoms with E-state index < -0.39 is 11.7 Å². The standard InChI is InChI=1S/C10H10F3NO/c1-6-4-14-5-8(10(11,12)13)9(6)15-7-2-3-7/h4-5,7H,2-3H2,1H3. The Morgan fingerprint density at radius 3 is 2.53 bits per heavy atom. The topological polar surface area (TPSA) is 22.1 Å². The zero-order chi connectivity index (χ0) is 11.1. The Morgan fingerprint density at radius 2 is 2.00 bits per heavy atom. The Hall–Kier alpha value is -1.26. The maximum atomic E-state index is 12.6. The highest BCUT2D eigenvalue weighted by Crippen LogP contribution is 2.39. The number of pyridine rings is 1. The van der Waals surface area contributed by atoms with Crippen molar-refractivity contribution in [2.45, 2.75) is 32.0 Å². The summed E-state index contributed by atoms with van der Waals surface area (Å²) in [5.74, 6) is -0.0694. The molecule has 0 saturated heterocycles. The van der Waals surface area contributed by atoms with Crippen molar-refractivity contribution >= 4 is 0 Å². The summed E-state index contributed by atoms with van der Waals surface area (Å²) < 4.78 is 43.0. The molecule has 0 aromatic carbocycles. The van der Waals surface area contributed by atoms with Crippen LogP contribution in [-0.2, 0) is 6.18 Å². The molecule has 1 heterocycles. The van der Waals surface area contributed by atoms with Gasteiger partial charge in [0.15, 0.2) is 0 Å². The van der Waals surface area contributed by atoms with Gasteiger partial charge in [0.2, 0.25) is 0 Å². The summed E-state index contributed by atoms with van der Waals surface area (Å²) in [7, 11) is 0. The van der Waals surface area contributed by atoms with Crippen LogP contribution in [0.2, 0.25) is 0 Å². The summed E-state index contributed by atoms with van der Waals surface area (Å²) in [5.41, 5.74) is -0.355. The number of halogens is 3. The van der Waals surface area contributed by atoms with Crippen molar-refractivity contribution in [3.05, 3.63) is 23.5 Å². The van der Waals surface area contributed by atoms with Crippen LogP contribution < -0.4 is 4.74 Å². The van der Waals surface area contributed by atoms with E-state index >= 15 is 0 Å². The zero-order valence-corrected chi connectivity index (χ0v) is 8.14. The minimum atomic E-state index is -4.40. The number of hydrogen-bond donors (Lipinski definition) is 0. The van der Waals surface area contributed by atoms with E-state index in [0.29, 0.717) is 5.56 Å². The Labute approximate surface area is 85.1 Å². The van der Waals surface area contributed by atoms with Crippen LogP contribution in [0.5, 0.6) is 5.75 Å². The van der Waals surface area contributed by atoms with Crippen molar-refractivity contribution in [2.24, 2.45) is 0 Å². The van der Waals surface area contributed by atoms with Crippen LogP contribution in [-0.4, -0.2) is 11.1 Å². The van der Waals surface area contributed by atoms with Crippen molar-refractivity contribution < 1.29 is 17.9 Å². The fourth-order valence-corrected chi connectivity index (χ4v) is 1.26. The van der Waals surface area contributed by atoms with E-state index in [9.17, 15) is 13.2 Å². The lowest BCUT2D eigenvalue weighted by atomic mass is 10.2. The lowest BCUT2D eigenvalue weighted by molar-refractivity contribution is -0.139. The van der Waals surface area contributed by atoms with E-state index in [2.05, 4.69) is 4.98 Å². The van der Waals surface area contributed by atoms with Gasteiger partial charge >= 0.3 is 6.18 Å². The first-order valence-corrected chi connectivity index (χ1v) is 4.67. The van der Waals surface area contributed by atoms with Crippen molar-refractivity contribution in [2.75, 3.05) is 0 Å². The van der Waals surface area contributed by atoms with E-state index in [1.807, 2.05) is 0 Å². The van der Waals surface area contributed by atoms with Crippen molar-refractivity contribution in [3.8, 4) is 5.75 Å². The van der Waals surface area contributed by atoms with Crippen LogP contribution in [0.25, 0.3) is 0 Å². The number of rotatable bonds is 2. The van der Waals surface area contributed by atoms with Crippen molar-refractivity contribution in [1.82, 2.24) is 4.98 Å². The molecule has 1 fully saturated rings. The van der Waals surface area contributed by atoms with Gasteiger partial charge in [-0.15, -0.1) is 0 Å². The Bertz CT molecular complexity index is 371. The summed E-state index contributed by atoms with van der Waals surface area (Å²) in [4.78, 5) is 3.54. The first-order valence-electron chi connectivity index (χ1n) is 4.67. The molecule has 0 N–H and O–H groups in total. The average Bonchev–Trinajstić information content (AvgIpc) is 2.90. The largest absolute Gasteiger partial charge is 0.489 e. The number of alkyl halides is 3. The first-order chi connectivity index (χ1) is 6.98. The molecule has 0 radical (unpaired) electrons. The van der Waals surface area contributed by atoms with Gasteiger partial charge in [-0.05, 0) is 19.8 Å². The first kappa shape index (κ1) is 10.3. The molecule has 82 valence electrons. The summed E-state index contributed by atoms with van der Waals surface area (Å²) in [6.45, 7) is 1.57. The zero-order valence-electron chi connectivity index (χ0n) is 8.14. The predicted octanol–water partition coefficient (Wildman–Crippen LogP) is 2.95. The fraction of sp³-hybridized carbons (Fsp3) is 0.500. The number of aryl methyl sites for hydroxylation is 1. The molecule has 2 nitrogen and oxygen atoms in total. The SMILES string of the molecule is Cc1cncc(C(F)(F)F)c1OC1CC1. The third-order valence-corrected chi connectivity index (χ3v) is 2.19. The highest BCUT2D eigenvalue weighted by Gasteiger charge is 2.37. The van der Waals surface area contributed by atoms with Gasteiger partial charge in [0.05, 0.1) is 6.10 Å². The van der Waals surface area contributed by atoms with Gasteiger partial charge in [-0.1, -0.05) is 0 Å². The molecule has 0 bridgehead atoms. The molecule has 1 aromatic rings. The molecule has 5 heteroatoms. The van der Waals surface area contributed by atoms with E-state index in [1.54, 1.807) is 6.92 Å². The molecule has 2 rings (SSSR count). The lowest BCUT2D eigenvalue weighted by Crippen LogP contribution is -2.11. The molecule has 0 unspecified atom stereocenters. The van der Waals surface area contributed by atoms with Crippen LogP contribution in [0.1, 0.15) is 24.0 Å². The van der Waals surface area contributed by atoms with E-state index in [-0.39, 0.29) is 11.9 Å². The Morgan fingerprint density at radius 1 is 1.33 bits per heavy atom. The summed E-state index contributed by atoms with van der Waals surface area (Å²) in [5, 5.41) is 0. The molecule has 0 atom stereocenters. The molecule has 0 amide bonds. The molecule has 0 aliphatic heterocycles. The minimum Gasteiger partial charge on any atom is -0.489 e. The van der Waals surface area contributed by atoms with E-state index in [0.717, 1.165) is 19.0 Å². The van der Waals surface area contributed by atoms with Gasteiger partial charge in [0.1, 0.15) is 11.3 Å². The van der Waals surface area contributed by atoms with Gasteiger partial charge in [-0.2, -0.15) is 13.2 Å². The highest BCUT2D eigenvalue weighted by atomic mass is 19.4. The third kappa shape index (κ3) is 2.22. The minimum absolute atomic E-state index is 0.0489. The lowest BCUT2D eigenvalue weighted by Gasteiger charge is -2.14. The summed E-state index contributed by atoms with van der Waals surface area (Å²) in [6.07, 6.45) is -0.592. The second kappa shape index (κ2) is 3.40. The Balaban J connectivity index is 2.38. The van der Waals surface area contributed by atoms with Crippen LogP contribution in [0.4, 0.5) is 13.2 Å². The maximum Gasteiger partial charge on any atom is 0.421 e. The average molecular weight is 217 g/mol.